The van der Waals surface area contributed by atoms with Crippen LogP contribution in [0.5, 0.6) is 0 Å². The zero-order valence-corrected chi connectivity index (χ0v) is 12.2. The SMILES string of the molecule is O=C(NCC(O)CN1CCc2ccccc2C1)NC1CC1. The van der Waals surface area contributed by atoms with E-state index in [1.807, 2.05) is 0 Å². The molecule has 0 bridgehead atoms. The molecule has 1 saturated carbocycles. The maximum absolute atomic E-state index is 11.5. The third-order valence-corrected chi connectivity index (χ3v) is 4.09. The zero-order valence-electron chi connectivity index (χ0n) is 12.2. The van der Waals surface area contributed by atoms with Gasteiger partial charge in [0.1, 0.15) is 0 Å². The predicted molar refractivity (Wildman–Crippen MR) is 81.0 cm³/mol. The van der Waals surface area contributed by atoms with E-state index in [1.165, 1.54) is 11.1 Å². The van der Waals surface area contributed by atoms with Crippen LogP contribution in [0.25, 0.3) is 0 Å². The number of β-amino-alcohol motifs (C(OH)–C–C–N with tert-alkyl or cyclic N) is 1. The van der Waals surface area contributed by atoms with Gasteiger partial charge in [0.15, 0.2) is 0 Å². The third-order valence-electron chi connectivity index (χ3n) is 4.09. The molecule has 1 atom stereocenters. The highest BCUT2D eigenvalue weighted by Gasteiger charge is 2.23. The smallest absolute Gasteiger partial charge is 0.315 e. The van der Waals surface area contributed by atoms with E-state index < -0.39 is 6.10 Å². The lowest BCUT2D eigenvalue weighted by molar-refractivity contribution is 0.105. The van der Waals surface area contributed by atoms with Crippen LogP contribution in [0.3, 0.4) is 0 Å². The Morgan fingerprint density at radius 3 is 2.86 bits per heavy atom. The van der Waals surface area contributed by atoms with Gasteiger partial charge in [-0.1, -0.05) is 24.3 Å². The Bertz CT molecular complexity index is 502. The average Bonchev–Trinajstić information content (AvgIpc) is 3.29. The number of hydrogen-bond donors (Lipinski definition) is 3. The van der Waals surface area contributed by atoms with Gasteiger partial charge in [-0.3, -0.25) is 4.90 Å². The summed E-state index contributed by atoms with van der Waals surface area (Å²) >= 11 is 0. The van der Waals surface area contributed by atoms with Gasteiger partial charge in [0, 0.05) is 32.2 Å². The lowest BCUT2D eigenvalue weighted by Crippen LogP contribution is -2.45. The minimum absolute atomic E-state index is 0.166. The summed E-state index contributed by atoms with van der Waals surface area (Å²) in [6.45, 7) is 2.73. The maximum Gasteiger partial charge on any atom is 0.315 e. The van der Waals surface area contributed by atoms with Crippen LogP contribution < -0.4 is 10.6 Å². The number of fused-ring (bicyclic) bond motifs is 1. The Morgan fingerprint density at radius 1 is 1.33 bits per heavy atom. The van der Waals surface area contributed by atoms with Crippen molar-refractivity contribution >= 4 is 6.03 Å². The monoisotopic (exact) mass is 289 g/mol. The summed E-state index contributed by atoms with van der Waals surface area (Å²) in [4.78, 5) is 13.8. The Morgan fingerprint density at radius 2 is 2.10 bits per heavy atom. The summed E-state index contributed by atoms with van der Waals surface area (Å²) in [6.07, 6.45) is 2.64. The van der Waals surface area contributed by atoms with Crippen molar-refractivity contribution in [2.45, 2.75) is 38.0 Å². The van der Waals surface area contributed by atoms with Gasteiger partial charge >= 0.3 is 6.03 Å². The summed E-state index contributed by atoms with van der Waals surface area (Å²) in [6, 6.07) is 8.64. The highest BCUT2D eigenvalue weighted by atomic mass is 16.3. The number of carbonyl (C=O) groups excluding carboxylic acids is 1. The number of benzene rings is 1. The second-order valence-electron chi connectivity index (χ2n) is 6.04. The van der Waals surface area contributed by atoms with E-state index in [1.54, 1.807) is 0 Å². The van der Waals surface area contributed by atoms with Crippen LogP contribution in [0.1, 0.15) is 24.0 Å². The Hall–Kier alpha value is -1.59. The van der Waals surface area contributed by atoms with Crippen LogP contribution in [0.2, 0.25) is 0 Å². The summed E-state index contributed by atoms with van der Waals surface area (Å²) in [5.74, 6) is 0. The molecule has 1 aliphatic heterocycles. The first-order chi connectivity index (χ1) is 10.2. The molecule has 0 radical (unpaired) electrons. The third kappa shape index (κ3) is 4.19. The van der Waals surface area contributed by atoms with Crippen molar-refractivity contribution < 1.29 is 9.90 Å². The topological polar surface area (TPSA) is 64.6 Å². The molecule has 2 aliphatic rings. The van der Waals surface area contributed by atoms with Crippen molar-refractivity contribution in [2.75, 3.05) is 19.6 Å². The fraction of sp³-hybridized carbons (Fsp3) is 0.562. The van der Waals surface area contributed by atoms with Gasteiger partial charge in [0.2, 0.25) is 0 Å². The van der Waals surface area contributed by atoms with Gasteiger partial charge in [0.05, 0.1) is 6.10 Å². The van der Waals surface area contributed by atoms with E-state index in [0.717, 1.165) is 32.4 Å². The van der Waals surface area contributed by atoms with Gasteiger partial charge in [-0.25, -0.2) is 4.79 Å². The highest BCUT2D eigenvalue weighted by Crippen LogP contribution is 2.19. The molecule has 0 aromatic heterocycles. The van der Waals surface area contributed by atoms with Gasteiger partial charge in [-0.05, 0) is 30.4 Å². The molecule has 1 aromatic carbocycles. The standard InChI is InChI=1S/C16H23N3O2/c20-15(9-17-16(21)18-14-5-6-14)11-19-8-7-12-3-1-2-4-13(12)10-19/h1-4,14-15,20H,5-11H2,(H2,17,18,21). The highest BCUT2D eigenvalue weighted by molar-refractivity contribution is 5.74. The molecule has 5 heteroatoms. The van der Waals surface area contributed by atoms with E-state index in [2.05, 4.69) is 39.8 Å². The molecule has 1 aliphatic carbocycles. The summed E-state index contributed by atoms with van der Waals surface area (Å²) < 4.78 is 0. The second kappa shape index (κ2) is 6.45. The van der Waals surface area contributed by atoms with Crippen molar-refractivity contribution in [2.24, 2.45) is 0 Å². The molecule has 3 rings (SSSR count). The number of aliphatic hydroxyl groups excluding tert-OH is 1. The Balaban J connectivity index is 1.41. The predicted octanol–water partition coefficient (Wildman–Crippen LogP) is 0.867. The minimum Gasteiger partial charge on any atom is -0.390 e. The van der Waals surface area contributed by atoms with Gasteiger partial charge in [-0.15, -0.1) is 0 Å². The molecular formula is C16H23N3O2. The summed E-state index contributed by atoms with van der Waals surface area (Å²) in [5.41, 5.74) is 2.75. The molecule has 1 heterocycles. The van der Waals surface area contributed by atoms with Gasteiger partial charge in [0.25, 0.3) is 0 Å². The van der Waals surface area contributed by atoms with Crippen LogP contribution in [-0.2, 0) is 13.0 Å². The van der Waals surface area contributed by atoms with Crippen LogP contribution >= 0.6 is 0 Å². The molecule has 21 heavy (non-hydrogen) atoms. The fourth-order valence-corrected chi connectivity index (χ4v) is 2.75. The summed E-state index contributed by atoms with van der Waals surface area (Å²) in [5, 5.41) is 15.7. The molecule has 3 N–H and O–H groups in total. The number of rotatable bonds is 5. The molecule has 2 amide bonds. The maximum atomic E-state index is 11.5. The van der Waals surface area contributed by atoms with E-state index in [4.69, 9.17) is 0 Å². The minimum atomic E-state index is -0.528. The lowest BCUT2D eigenvalue weighted by atomic mass is 10.00. The number of urea groups is 1. The average molecular weight is 289 g/mol. The first-order valence-electron chi connectivity index (χ1n) is 7.72. The Kier molecular flexibility index (Phi) is 4.41. The lowest BCUT2D eigenvalue weighted by Gasteiger charge is -2.30. The van der Waals surface area contributed by atoms with Crippen molar-refractivity contribution in [3.63, 3.8) is 0 Å². The van der Waals surface area contributed by atoms with Crippen LogP contribution in [-0.4, -0.2) is 47.8 Å². The number of nitrogens with one attached hydrogen (secondary N) is 2. The summed E-state index contributed by atoms with van der Waals surface area (Å²) in [7, 11) is 0. The van der Waals surface area contributed by atoms with Gasteiger partial charge < -0.3 is 15.7 Å². The number of hydrogen-bond acceptors (Lipinski definition) is 3. The molecule has 1 unspecified atom stereocenters. The fourth-order valence-electron chi connectivity index (χ4n) is 2.75. The van der Waals surface area contributed by atoms with E-state index >= 15 is 0 Å². The molecule has 0 saturated heterocycles. The van der Waals surface area contributed by atoms with Crippen LogP contribution in [0, 0.1) is 0 Å². The molecule has 1 aromatic rings. The molecule has 114 valence electrons. The van der Waals surface area contributed by atoms with E-state index in [-0.39, 0.29) is 6.03 Å². The molecule has 5 nitrogen and oxygen atoms in total. The number of aliphatic hydroxyl groups is 1. The van der Waals surface area contributed by atoms with Crippen LogP contribution in [0.15, 0.2) is 24.3 Å². The number of carbonyl (C=O) groups is 1. The Labute approximate surface area is 125 Å². The molecule has 1 fully saturated rings. The van der Waals surface area contributed by atoms with Crippen LogP contribution in [0.4, 0.5) is 4.79 Å². The zero-order chi connectivity index (χ0) is 14.7. The van der Waals surface area contributed by atoms with E-state index in [9.17, 15) is 9.90 Å². The first-order valence-corrected chi connectivity index (χ1v) is 7.72. The van der Waals surface area contributed by atoms with E-state index in [0.29, 0.717) is 19.1 Å². The van der Waals surface area contributed by atoms with Gasteiger partial charge in [-0.2, -0.15) is 0 Å². The first kappa shape index (κ1) is 14.4. The normalized spacial score (nSPS) is 19.7. The molecule has 0 spiro atoms. The number of amides is 2. The second-order valence-corrected chi connectivity index (χ2v) is 6.04. The number of nitrogens with zero attached hydrogens (tertiary/aromatic N) is 1. The van der Waals surface area contributed by atoms with Crippen molar-refractivity contribution in [3.05, 3.63) is 35.4 Å². The molecular weight excluding hydrogens is 266 g/mol. The largest absolute Gasteiger partial charge is 0.390 e. The van der Waals surface area contributed by atoms with Crippen molar-refractivity contribution in [1.82, 2.24) is 15.5 Å². The van der Waals surface area contributed by atoms with Crippen molar-refractivity contribution in [3.8, 4) is 0 Å². The quantitative estimate of drug-likeness (QED) is 0.753. The van der Waals surface area contributed by atoms with Crippen molar-refractivity contribution in [1.29, 1.82) is 0 Å².